The minimum Gasteiger partial charge on any atom is -0.497 e. The van der Waals surface area contributed by atoms with Crippen molar-refractivity contribution in [3.05, 3.63) is 64.9 Å². The van der Waals surface area contributed by atoms with Crippen molar-refractivity contribution in [2.24, 2.45) is 0 Å². The summed E-state index contributed by atoms with van der Waals surface area (Å²) in [6.07, 6.45) is 2.94. The fourth-order valence-electron chi connectivity index (χ4n) is 4.26. The lowest BCUT2D eigenvalue weighted by molar-refractivity contribution is -0.129. The predicted octanol–water partition coefficient (Wildman–Crippen LogP) is 4.65. The highest BCUT2D eigenvalue weighted by atomic mass is 19.1. The topological polar surface area (TPSA) is 100 Å². The lowest BCUT2D eigenvalue weighted by Gasteiger charge is -2.19. The molecule has 2 amide bonds. The highest BCUT2D eigenvalue weighted by molar-refractivity contribution is 5.93. The van der Waals surface area contributed by atoms with Gasteiger partial charge in [0.05, 0.1) is 13.5 Å². The van der Waals surface area contributed by atoms with E-state index in [1.165, 1.54) is 13.0 Å². The van der Waals surface area contributed by atoms with Gasteiger partial charge >= 0.3 is 0 Å². The van der Waals surface area contributed by atoms with Gasteiger partial charge in [-0.1, -0.05) is 18.9 Å². The number of carbonyl (C=O) groups excluding carboxylic acids is 3. The third kappa shape index (κ3) is 7.87. The molecule has 0 spiro atoms. The number of methoxy groups -OCH3 is 1. The SMILES string of the molecule is COc1ccc2[nH]c(C)c(CC(=O)NC(CCCCCC(C)=O)C(=O)NCc3ccc(F)cc3F)c2c1. The molecule has 0 aliphatic heterocycles. The number of halogens is 2. The summed E-state index contributed by atoms with van der Waals surface area (Å²) in [4.78, 5) is 40.5. The first-order valence-electron chi connectivity index (χ1n) is 12.3. The molecule has 7 nitrogen and oxygen atoms in total. The van der Waals surface area contributed by atoms with Gasteiger partial charge in [0.25, 0.3) is 0 Å². The van der Waals surface area contributed by atoms with Crippen LogP contribution in [0.4, 0.5) is 8.78 Å². The van der Waals surface area contributed by atoms with Crippen LogP contribution < -0.4 is 15.4 Å². The summed E-state index contributed by atoms with van der Waals surface area (Å²) in [5.41, 5.74) is 2.67. The molecule has 1 unspecified atom stereocenters. The van der Waals surface area contributed by atoms with Crippen LogP contribution in [0.2, 0.25) is 0 Å². The third-order valence-electron chi connectivity index (χ3n) is 6.31. The van der Waals surface area contributed by atoms with Crippen LogP contribution in [-0.2, 0) is 27.3 Å². The number of rotatable bonds is 13. The number of nitrogens with one attached hydrogen (secondary N) is 3. The van der Waals surface area contributed by atoms with E-state index in [2.05, 4.69) is 15.6 Å². The van der Waals surface area contributed by atoms with Gasteiger partial charge in [-0.3, -0.25) is 9.59 Å². The number of fused-ring (bicyclic) bond motifs is 1. The largest absolute Gasteiger partial charge is 0.497 e. The van der Waals surface area contributed by atoms with Crippen LogP contribution in [0, 0.1) is 18.6 Å². The van der Waals surface area contributed by atoms with Gasteiger partial charge in [-0.2, -0.15) is 0 Å². The number of ketones is 1. The number of H-pyrrole nitrogens is 1. The Morgan fingerprint density at radius 1 is 1.05 bits per heavy atom. The molecule has 37 heavy (non-hydrogen) atoms. The van der Waals surface area contributed by atoms with Crippen molar-refractivity contribution in [2.75, 3.05) is 7.11 Å². The Bertz CT molecular complexity index is 1270. The second kappa shape index (κ2) is 13.0. The van der Waals surface area contributed by atoms with Gasteiger partial charge < -0.3 is 25.1 Å². The molecule has 9 heteroatoms. The molecule has 1 aromatic heterocycles. The van der Waals surface area contributed by atoms with E-state index in [1.807, 2.05) is 25.1 Å². The Kier molecular flexibility index (Phi) is 9.77. The van der Waals surface area contributed by atoms with E-state index in [9.17, 15) is 23.2 Å². The maximum Gasteiger partial charge on any atom is 0.242 e. The summed E-state index contributed by atoms with van der Waals surface area (Å²) in [5, 5.41) is 6.33. The molecule has 0 aliphatic carbocycles. The number of benzene rings is 2. The summed E-state index contributed by atoms with van der Waals surface area (Å²) in [6.45, 7) is 3.28. The molecule has 0 saturated carbocycles. The second-order valence-electron chi connectivity index (χ2n) is 9.19. The zero-order chi connectivity index (χ0) is 26.9. The van der Waals surface area contributed by atoms with Gasteiger partial charge in [0.2, 0.25) is 11.8 Å². The van der Waals surface area contributed by atoms with Gasteiger partial charge in [0.1, 0.15) is 29.2 Å². The van der Waals surface area contributed by atoms with Gasteiger partial charge in [-0.05, 0) is 56.5 Å². The number of Topliss-reactive ketones (excluding diaryl/α,β-unsaturated/α-hetero) is 1. The Labute approximate surface area is 215 Å². The molecule has 198 valence electrons. The van der Waals surface area contributed by atoms with Crippen molar-refractivity contribution < 1.29 is 27.9 Å². The molecule has 2 aromatic carbocycles. The zero-order valence-electron chi connectivity index (χ0n) is 21.4. The van der Waals surface area contributed by atoms with Crippen LogP contribution >= 0.6 is 0 Å². The van der Waals surface area contributed by atoms with Crippen molar-refractivity contribution >= 4 is 28.5 Å². The zero-order valence-corrected chi connectivity index (χ0v) is 21.4. The predicted molar refractivity (Wildman–Crippen MR) is 137 cm³/mol. The van der Waals surface area contributed by atoms with E-state index >= 15 is 0 Å². The van der Waals surface area contributed by atoms with E-state index in [4.69, 9.17) is 4.74 Å². The van der Waals surface area contributed by atoms with E-state index in [0.29, 0.717) is 31.4 Å². The molecule has 1 heterocycles. The van der Waals surface area contributed by atoms with Crippen molar-refractivity contribution in [1.82, 2.24) is 15.6 Å². The lowest BCUT2D eigenvalue weighted by Crippen LogP contribution is -2.47. The highest BCUT2D eigenvalue weighted by Crippen LogP contribution is 2.26. The number of aryl methyl sites for hydroxylation is 1. The number of carbonyl (C=O) groups is 3. The number of hydrogen-bond donors (Lipinski definition) is 3. The van der Waals surface area contributed by atoms with Gasteiger partial charge in [-0.15, -0.1) is 0 Å². The second-order valence-corrected chi connectivity index (χ2v) is 9.19. The monoisotopic (exact) mass is 513 g/mol. The van der Waals surface area contributed by atoms with E-state index in [0.717, 1.165) is 40.7 Å². The highest BCUT2D eigenvalue weighted by Gasteiger charge is 2.22. The van der Waals surface area contributed by atoms with Crippen LogP contribution in [0.1, 0.15) is 55.8 Å². The summed E-state index contributed by atoms with van der Waals surface area (Å²) < 4.78 is 32.5. The Morgan fingerprint density at radius 2 is 1.84 bits per heavy atom. The number of aromatic nitrogens is 1. The van der Waals surface area contributed by atoms with Gasteiger partial charge in [0.15, 0.2) is 0 Å². The minimum absolute atomic E-state index is 0.0553. The standard InChI is InChI=1S/C28H33F2N3O4/c1-17(34)7-5-4-6-8-26(28(36)31-16-19-9-10-20(29)13-24(19)30)33-27(35)15-22-18(2)32-25-12-11-21(37-3)14-23(22)25/h9-14,26,32H,4-8,15-16H2,1-3H3,(H,31,36)(H,33,35). The van der Waals surface area contributed by atoms with Crippen LogP contribution in [-0.4, -0.2) is 35.7 Å². The lowest BCUT2D eigenvalue weighted by atomic mass is 10.0. The molecule has 0 radical (unpaired) electrons. The Balaban J connectivity index is 1.68. The Hall–Kier alpha value is -3.75. The van der Waals surface area contributed by atoms with E-state index < -0.39 is 23.6 Å². The first-order valence-corrected chi connectivity index (χ1v) is 12.3. The molecule has 3 N–H and O–H groups in total. The summed E-state index contributed by atoms with van der Waals surface area (Å²) in [5.74, 6) is -1.47. The number of amides is 2. The van der Waals surface area contributed by atoms with E-state index in [1.54, 1.807) is 7.11 Å². The first kappa shape index (κ1) is 27.8. The molecule has 0 aliphatic rings. The average molecular weight is 514 g/mol. The first-order chi connectivity index (χ1) is 17.7. The van der Waals surface area contributed by atoms with Crippen molar-refractivity contribution in [3.8, 4) is 5.75 Å². The number of ether oxygens (including phenoxy) is 1. The van der Waals surface area contributed by atoms with Crippen molar-refractivity contribution in [3.63, 3.8) is 0 Å². The summed E-state index contributed by atoms with van der Waals surface area (Å²) in [6, 6.07) is 7.89. The molecular formula is C28H33F2N3O4. The third-order valence-corrected chi connectivity index (χ3v) is 6.31. The number of unbranched alkanes of at least 4 members (excludes halogenated alkanes) is 2. The average Bonchev–Trinajstić information content (AvgIpc) is 3.16. The smallest absolute Gasteiger partial charge is 0.242 e. The summed E-state index contributed by atoms with van der Waals surface area (Å²) >= 11 is 0. The number of aromatic amines is 1. The minimum atomic E-state index is -0.839. The van der Waals surface area contributed by atoms with Crippen LogP contribution in [0.25, 0.3) is 10.9 Å². The normalized spacial score (nSPS) is 11.8. The molecular weight excluding hydrogens is 480 g/mol. The molecule has 3 aromatic rings. The molecule has 0 bridgehead atoms. The quantitative estimate of drug-likeness (QED) is 0.290. The van der Waals surface area contributed by atoms with Crippen LogP contribution in [0.3, 0.4) is 0 Å². The summed E-state index contributed by atoms with van der Waals surface area (Å²) in [7, 11) is 1.57. The van der Waals surface area contributed by atoms with E-state index in [-0.39, 0.29) is 30.2 Å². The van der Waals surface area contributed by atoms with Crippen molar-refractivity contribution in [1.29, 1.82) is 0 Å². The fourth-order valence-corrected chi connectivity index (χ4v) is 4.26. The molecule has 1 atom stereocenters. The number of hydrogen-bond acceptors (Lipinski definition) is 4. The van der Waals surface area contributed by atoms with Crippen molar-refractivity contribution in [2.45, 2.75) is 65.0 Å². The van der Waals surface area contributed by atoms with Gasteiger partial charge in [0, 0.05) is 41.2 Å². The molecule has 3 rings (SSSR count). The van der Waals surface area contributed by atoms with Crippen LogP contribution in [0.5, 0.6) is 5.75 Å². The Morgan fingerprint density at radius 3 is 2.54 bits per heavy atom. The van der Waals surface area contributed by atoms with Gasteiger partial charge in [-0.25, -0.2) is 8.78 Å². The maximum absolute atomic E-state index is 14.0. The van der Waals surface area contributed by atoms with Crippen LogP contribution in [0.15, 0.2) is 36.4 Å². The molecule has 0 saturated heterocycles. The molecule has 0 fully saturated rings. The fraction of sp³-hybridized carbons (Fsp3) is 0.393. The maximum atomic E-state index is 14.0.